The first-order chi connectivity index (χ1) is 22.1. The van der Waals surface area contributed by atoms with Gasteiger partial charge in [0.25, 0.3) is 0 Å². The van der Waals surface area contributed by atoms with Crippen LogP contribution in [0.4, 0.5) is 0 Å². The lowest BCUT2D eigenvalue weighted by Crippen LogP contribution is -2.69. The lowest BCUT2D eigenvalue weighted by atomic mass is 9.94. The summed E-state index contributed by atoms with van der Waals surface area (Å²) < 4.78 is 39.5. The number of amides is 1. The van der Waals surface area contributed by atoms with Gasteiger partial charge in [0.15, 0.2) is 25.2 Å². The summed E-state index contributed by atoms with van der Waals surface area (Å²) in [5.41, 5.74) is 0. The largest absolute Gasteiger partial charge is 0.394 e. The molecule has 4 rings (SSSR count). The van der Waals surface area contributed by atoms with E-state index in [-0.39, 0.29) is 0 Å². The Kier molecular flexibility index (Phi) is 13.2. The first-order valence-corrected chi connectivity index (χ1v) is 15.0. The maximum absolute atomic E-state index is 12.0. The van der Waals surface area contributed by atoms with Crippen LogP contribution in [0.3, 0.4) is 0 Å². The zero-order valence-electron chi connectivity index (χ0n) is 25.3. The van der Waals surface area contributed by atoms with Crippen LogP contribution in [0.25, 0.3) is 0 Å². The second kappa shape index (κ2) is 16.2. The maximum atomic E-state index is 12.0. The SMILES string of the molecule is CC(=O)N[C@H]1[C@H](O[C@@H]2[C@@H](O)[C@@H](O[C@@H]3[C@@H](O)[C@@H](O)[C@H](O)O[C@H]3C)O[C@H](CO)[C@@H]2O[C@@H]2O[C@H](CO)[C@@H](O)[C@H](O)[C@@H]2O)O[C@H](CO)[C@@H](O)[C@@H]1O. The van der Waals surface area contributed by atoms with E-state index >= 15 is 0 Å². The van der Waals surface area contributed by atoms with Gasteiger partial charge in [0, 0.05) is 6.92 Å². The topological polar surface area (TPSA) is 336 Å². The molecule has 47 heavy (non-hydrogen) atoms. The van der Waals surface area contributed by atoms with Crippen LogP contribution >= 0.6 is 0 Å². The Balaban J connectivity index is 1.68. The van der Waals surface area contributed by atoms with E-state index in [2.05, 4.69) is 5.32 Å². The number of aliphatic hydroxyl groups is 12. The number of ether oxygens (including phenoxy) is 7. The van der Waals surface area contributed by atoms with E-state index < -0.39 is 148 Å². The van der Waals surface area contributed by atoms with Gasteiger partial charge in [-0.1, -0.05) is 0 Å². The average molecular weight is 692 g/mol. The summed E-state index contributed by atoms with van der Waals surface area (Å²) in [6, 6.07) is -1.54. The van der Waals surface area contributed by atoms with Crippen LogP contribution in [0.1, 0.15) is 13.8 Å². The highest BCUT2D eigenvalue weighted by molar-refractivity contribution is 5.73. The van der Waals surface area contributed by atoms with Gasteiger partial charge in [-0.05, 0) is 6.92 Å². The molecule has 4 fully saturated rings. The first kappa shape index (κ1) is 38.5. The lowest BCUT2D eigenvalue weighted by molar-refractivity contribution is -0.393. The van der Waals surface area contributed by atoms with Crippen molar-refractivity contribution in [2.45, 2.75) is 137 Å². The minimum Gasteiger partial charge on any atom is -0.394 e. The third kappa shape index (κ3) is 8.04. The second-order valence-electron chi connectivity index (χ2n) is 11.9. The van der Waals surface area contributed by atoms with E-state index in [0.29, 0.717) is 0 Å². The highest BCUT2D eigenvalue weighted by Crippen LogP contribution is 2.35. The predicted octanol–water partition coefficient (Wildman–Crippen LogP) is -8.58. The quantitative estimate of drug-likeness (QED) is 0.101. The zero-order chi connectivity index (χ0) is 34.9. The summed E-state index contributed by atoms with van der Waals surface area (Å²) in [6.45, 7) is -0.122. The summed E-state index contributed by atoms with van der Waals surface area (Å²) in [4.78, 5) is 12.0. The molecule has 4 aliphatic heterocycles. The van der Waals surface area contributed by atoms with Crippen molar-refractivity contribution < 1.29 is 99.2 Å². The summed E-state index contributed by atoms with van der Waals surface area (Å²) >= 11 is 0. The van der Waals surface area contributed by atoms with Crippen LogP contribution in [-0.4, -0.2) is 210 Å². The average Bonchev–Trinajstić information content (AvgIpc) is 3.03. The van der Waals surface area contributed by atoms with Crippen LogP contribution in [0.2, 0.25) is 0 Å². The molecular weight excluding hydrogens is 646 g/mol. The molecule has 0 saturated carbocycles. The summed E-state index contributed by atoms with van der Waals surface area (Å²) in [7, 11) is 0. The minimum absolute atomic E-state index is 0.710. The molecule has 21 nitrogen and oxygen atoms in total. The molecule has 13 N–H and O–H groups in total. The van der Waals surface area contributed by atoms with Crippen molar-refractivity contribution in [3.8, 4) is 0 Å². The zero-order valence-corrected chi connectivity index (χ0v) is 25.3. The highest BCUT2D eigenvalue weighted by atomic mass is 16.8. The minimum atomic E-state index is -2.02. The Hall–Kier alpha value is -1.29. The molecule has 0 aromatic rings. The number of carbonyl (C=O) groups is 1. The van der Waals surface area contributed by atoms with E-state index in [0.717, 1.165) is 6.92 Å². The van der Waals surface area contributed by atoms with E-state index in [1.54, 1.807) is 0 Å². The van der Waals surface area contributed by atoms with Gasteiger partial charge in [-0.15, -0.1) is 0 Å². The van der Waals surface area contributed by atoms with Crippen LogP contribution in [0.15, 0.2) is 0 Å². The monoisotopic (exact) mass is 691 g/mol. The first-order valence-electron chi connectivity index (χ1n) is 15.0. The van der Waals surface area contributed by atoms with Crippen molar-refractivity contribution in [3.63, 3.8) is 0 Å². The Bertz CT molecular complexity index is 1010. The smallest absolute Gasteiger partial charge is 0.217 e. The molecule has 4 aliphatic rings. The van der Waals surface area contributed by atoms with Crippen LogP contribution in [0, 0.1) is 0 Å². The molecule has 0 radical (unpaired) electrons. The van der Waals surface area contributed by atoms with Crippen LogP contribution in [-0.2, 0) is 38.0 Å². The molecule has 1 amide bonds. The van der Waals surface area contributed by atoms with Gasteiger partial charge in [0.05, 0.1) is 25.9 Å². The molecule has 0 aliphatic carbocycles. The number of rotatable bonds is 10. The van der Waals surface area contributed by atoms with Crippen LogP contribution < -0.4 is 5.32 Å². The molecule has 274 valence electrons. The van der Waals surface area contributed by atoms with Crippen molar-refractivity contribution in [1.82, 2.24) is 5.32 Å². The second-order valence-corrected chi connectivity index (χ2v) is 11.9. The summed E-state index contributed by atoms with van der Waals surface area (Å²) in [6.07, 6.45) is -32.6. The van der Waals surface area contributed by atoms with Gasteiger partial charge in [0.2, 0.25) is 5.91 Å². The number of nitrogens with one attached hydrogen (secondary N) is 1. The fourth-order valence-corrected chi connectivity index (χ4v) is 5.91. The number of carbonyl (C=O) groups excluding carboxylic acids is 1. The molecule has 0 unspecified atom stereocenters. The van der Waals surface area contributed by atoms with E-state index in [1.807, 2.05) is 0 Å². The Morgan fingerprint density at radius 3 is 1.62 bits per heavy atom. The summed E-state index contributed by atoms with van der Waals surface area (Å²) in [5.74, 6) is -0.710. The Labute approximate surface area is 267 Å². The Morgan fingerprint density at radius 1 is 0.553 bits per heavy atom. The van der Waals surface area contributed by atoms with Crippen molar-refractivity contribution >= 4 is 5.91 Å². The maximum Gasteiger partial charge on any atom is 0.217 e. The lowest BCUT2D eigenvalue weighted by Gasteiger charge is -2.50. The van der Waals surface area contributed by atoms with Gasteiger partial charge < -0.3 is 99.8 Å². The van der Waals surface area contributed by atoms with Gasteiger partial charge >= 0.3 is 0 Å². The third-order valence-electron chi connectivity index (χ3n) is 8.56. The van der Waals surface area contributed by atoms with Crippen molar-refractivity contribution in [3.05, 3.63) is 0 Å². The fraction of sp³-hybridized carbons (Fsp3) is 0.962. The normalized spacial score (nSPS) is 51.0. The molecule has 21 heteroatoms. The third-order valence-corrected chi connectivity index (χ3v) is 8.56. The highest BCUT2D eigenvalue weighted by Gasteiger charge is 2.56. The molecule has 0 bridgehead atoms. The van der Waals surface area contributed by atoms with E-state index in [4.69, 9.17) is 33.2 Å². The van der Waals surface area contributed by atoms with Crippen LogP contribution in [0.5, 0.6) is 0 Å². The molecule has 4 saturated heterocycles. The standard InChI is InChI=1S/C26H45NO20/c1-6-20(16(36)17(37)23(40)41-6)45-26-19(39)22(47-24-11(27-7(2)31)14(34)12(32)8(3-28)42-24)21(10(5-30)44-26)46-25-18(38)15(35)13(33)9(4-29)43-25/h6,8-26,28-30,32-40H,3-5H2,1-2H3,(H,27,31)/t6-,8+,9+,10+,11+,12+,13+,14+,15-,16-,17+,18-,19+,20-,21-,22+,23+,24-,25-,26+/m0/s1. The molecular formula is C26H45NO20. The fourth-order valence-electron chi connectivity index (χ4n) is 5.91. The number of hydrogen-bond donors (Lipinski definition) is 13. The van der Waals surface area contributed by atoms with Gasteiger partial charge in [0.1, 0.15) is 91.5 Å². The molecule has 4 heterocycles. The number of hydrogen-bond acceptors (Lipinski definition) is 20. The van der Waals surface area contributed by atoms with Gasteiger partial charge in [-0.3, -0.25) is 4.79 Å². The predicted molar refractivity (Wildman–Crippen MR) is 144 cm³/mol. The van der Waals surface area contributed by atoms with Crippen molar-refractivity contribution in [2.75, 3.05) is 19.8 Å². The molecule has 0 spiro atoms. The summed E-state index contributed by atoms with van der Waals surface area (Å²) in [5, 5.41) is 126. The van der Waals surface area contributed by atoms with Crippen molar-refractivity contribution in [1.29, 1.82) is 0 Å². The molecule has 20 atom stereocenters. The Morgan fingerprint density at radius 2 is 1.04 bits per heavy atom. The molecule has 0 aromatic heterocycles. The van der Waals surface area contributed by atoms with E-state index in [9.17, 15) is 66.1 Å². The number of aliphatic hydroxyl groups excluding tert-OH is 12. The van der Waals surface area contributed by atoms with E-state index in [1.165, 1.54) is 6.92 Å². The van der Waals surface area contributed by atoms with Gasteiger partial charge in [-0.25, -0.2) is 0 Å². The van der Waals surface area contributed by atoms with Gasteiger partial charge in [-0.2, -0.15) is 0 Å². The molecule has 0 aromatic carbocycles. The van der Waals surface area contributed by atoms with Crippen molar-refractivity contribution in [2.24, 2.45) is 0 Å².